The molecule has 34 heavy (non-hydrogen) atoms. The largest absolute Gasteiger partial charge is 0.444 e. The van der Waals surface area contributed by atoms with E-state index in [1.165, 1.54) is 12.1 Å². The summed E-state index contributed by atoms with van der Waals surface area (Å²) in [6.45, 7) is 7.91. The Morgan fingerprint density at radius 2 is 1.79 bits per heavy atom. The number of benzene rings is 2. The fraction of sp³-hybridized carbons (Fsp3) is 0.481. The van der Waals surface area contributed by atoms with Crippen molar-refractivity contribution in [3.8, 4) is 0 Å². The zero-order valence-corrected chi connectivity index (χ0v) is 20.4. The number of carbonyl (C=O) groups excluding carboxylic acids is 2. The Kier molecular flexibility index (Phi) is 9.05. The lowest BCUT2D eigenvalue weighted by molar-refractivity contribution is -0.121. The number of likely N-dealkylation sites (tertiary alicyclic amines) is 1. The average molecular weight is 470 g/mol. The molecule has 0 saturated carbocycles. The van der Waals surface area contributed by atoms with Crippen molar-refractivity contribution in [1.82, 2.24) is 15.5 Å². The van der Waals surface area contributed by atoms with Crippen molar-refractivity contribution < 1.29 is 18.7 Å². The third kappa shape index (κ3) is 8.78. The summed E-state index contributed by atoms with van der Waals surface area (Å²) in [4.78, 5) is 27.1. The van der Waals surface area contributed by atoms with E-state index in [1.54, 1.807) is 6.07 Å². The van der Waals surface area contributed by atoms with Crippen molar-refractivity contribution in [2.75, 3.05) is 19.6 Å². The number of rotatable bonds is 8. The van der Waals surface area contributed by atoms with Crippen molar-refractivity contribution in [3.63, 3.8) is 0 Å². The smallest absolute Gasteiger partial charge is 0.408 e. The van der Waals surface area contributed by atoms with Gasteiger partial charge in [-0.25, -0.2) is 9.18 Å². The summed E-state index contributed by atoms with van der Waals surface area (Å²) in [5.74, 6) is -0.280. The second-order valence-electron chi connectivity index (χ2n) is 9.89. The Morgan fingerprint density at radius 3 is 2.44 bits per heavy atom. The van der Waals surface area contributed by atoms with Crippen LogP contribution in [-0.4, -0.2) is 48.2 Å². The molecular formula is C27H36FN3O3. The molecule has 3 rings (SSSR count). The lowest BCUT2D eigenvalue weighted by atomic mass is 10.0. The van der Waals surface area contributed by atoms with E-state index in [9.17, 15) is 14.0 Å². The van der Waals surface area contributed by atoms with E-state index in [0.29, 0.717) is 18.4 Å². The van der Waals surface area contributed by atoms with Crippen LogP contribution in [0.3, 0.4) is 0 Å². The maximum Gasteiger partial charge on any atom is 0.408 e. The first-order chi connectivity index (χ1) is 16.2. The molecule has 6 nitrogen and oxygen atoms in total. The molecule has 0 bridgehead atoms. The lowest BCUT2D eigenvalue weighted by Crippen LogP contribution is -2.45. The molecule has 0 aliphatic carbocycles. The summed E-state index contributed by atoms with van der Waals surface area (Å²) >= 11 is 0. The molecule has 184 valence electrons. The number of hydrogen-bond donors (Lipinski definition) is 2. The van der Waals surface area contributed by atoms with Crippen LogP contribution >= 0.6 is 0 Å². The van der Waals surface area contributed by atoms with Gasteiger partial charge in [0.1, 0.15) is 11.4 Å². The summed E-state index contributed by atoms with van der Waals surface area (Å²) in [7, 11) is 0. The Hall–Kier alpha value is -2.93. The van der Waals surface area contributed by atoms with Crippen LogP contribution in [0.15, 0.2) is 54.6 Å². The highest BCUT2D eigenvalue weighted by Crippen LogP contribution is 2.21. The number of piperidine rings is 1. The first-order valence-electron chi connectivity index (χ1n) is 12.0. The number of carbonyl (C=O) groups is 2. The molecule has 1 aliphatic rings. The summed E-state index contributed by atoms with van der Waals surface area (Å²) < 4.78 is 19.2. The summed E-state index contributed by atoms with van der Waals surface area (Å²) in [6.07, 6.45) is 2.28. The van der Waals surface area contributed by atoms with Gasteiger partial charge >= 0.3 is 6.09 Å². The quantitative estimate of drug-likeness (QED) is 0.593. The molecule has 0 spiro atoms. The van der Waals surface area contributed by atoms with Gasteiger partial charge in [-0.1, -0.05) is 42.5 Å². The number of alkyl carbamates (subject to hydrolysis) is 1. The van der Waals surface area contributed by atoms with Crippen LogP contribution in [0.1, 0.15) is 57.2 Å². The molecule has 2 amide bonds. The maximum absolute atomic E-state index is 13.8. The van der Waals surface area contributed by atoms with Crippen LogP contribution in [0.4, 0.5) is 9.18 Å². The van der Waals surface area contributed by atoms with Gasteiger partial charge in [-0.05, 0) is 63.3 Å². The van der Waals surface area contributed by atoms with Gasteiger partial charge in [-0.2, -0.15) is 0 Å². The van der Waals surface area contributed by atoms with Gasteiger partial charge < -0.3 is 20.3 Å². The van der Waals surface area contributed by atoms with Crippen molar-refractivity contribution in [2.24, 2.45) is 0 Å². The maximum atomic E-state index is 13.8. The molecule has 1 atom stereocenters. The number of nitrogens with one attached hydrogen (secondary N) is 2. The normalized spacial score (nSPS) is 16.0. The second-order valence-corrected chi connectivity index (χ2v) is 9.89. The van der Waals surface area contributed by atoms with Crippen LogP contribution in [0.25, 0.3) is 0 Å². The molecule has 2 aromatic carbocycles. The van der Waals surface area contributed by atoms with Gasteiger partial charge in [-0.3, -0.25) is 4.79 Å². The van der Waals surface area contributed by atoms with Crippen LogP contribution in [0.5, 0.6) is 0 Å². The molecule has 2 N–H and O–H groups in total. The Balaban J connectivity index is 1.48. The predicted octanol–water partition coefficient (Wildman–Crippen LogP) is 4.60. The lowest BCUT2D eigenvalue weighted by Gasteiger charge is -2.33. The topological polar surface area (TPSA) is 70.7 Å². The number of hydrogen-bond acceptors (Lipinski definition) is 4. The Bertz CT molecular complexity index is 938. The van der Waals surface area contributed by atoms with Gasteiger partial charge in [0.25, 0.3) is 0 Å². The SMILES string of the molecule is CC(C)(C)OC(=O)NC(CCN1CCC(NC(=O)Cc2ccccc2)CC1)c1cccc(F)c1. The Labute approximate surface area is 201 Å². The van der Waals surface area contributed by atoms with Gasteiger partial charge in [0.2, 0.25) is 5.91 Å². The average Bonchev–Trinajstić information content (AvgIpc) is 2.77. The van der Waals surface area contributed by atoms with E-state index in [-0.39, 0.29) is 23.8 Å². The molecule has 7 heteroatoms. The minimum absolute atomic E-state index is 0.0531. The minimum atomic E-state index is -0.608. The fourth-order valence-electron chi connectivity index (χ4n) is 4.17. The molecular weight excluding hydrogens is 433 g/mol. The van der Waals surface area contributed by atoms with E-state index >= 15 is 0 Å². The molecule has 2 aromatic rings. The highest BCUT2D eigenvalue weighted by Gasteiger charge is 2.24. The molecule has 1 fully saturated rings. The zero-order valence-electron chi connectivity index (χ0n) is 20.4. The number of nitrogens with zero attached hydrogens (tertiary/aromatic N) is 1. The molecule has 0 radical (unpaired) electrons. The van der Waals surface area contributed by atoms with Crippen LogP contribution in [0.2, 0.25) is 0 Å². The van der Waals surface area contributed by atoms with Crippen LogP contribution in [0, 0.1) is 5.82 Å². The van der Waals surface area contributed by atoms with Crippen molar-refractivity contribution in [1.29, 1.82) is 0 Å². The summed E-state index contributed by atoms with van der Waals surface area (Å²) in [5.41, 5.74) is 1.12. The van der Waals surface area contributed by atoms with Crippen LogP contribution < -0.4 is 10.6 Å². The molecule has 1 unspecified atom stereocenters. The molecule has 1 saturated heterocycles. The number of ether oxygens (including phenoxy) is 1. The van der Waals surface area contributed by atoms with E-state index in [2.05, 4.69) is 15.5 Å². The molecule has 0 aromatic heterocycles. The standard InChI is InChI=1S/C27H36FN3O3/c1-27(2,3)34-26(33)30-24(21-10-7-11-22(28)19-21)14-17-31-15-12-23(13-16-31)29-25(32)18-20-8-5-4-6-9-20/h4-11,19,23-24H,12-18H2,1-3H3,(H,29,32)(H,30,33). The van der Waals surface area contributed by atoms with Crippen LogP contribution in [-0.2, 0) is 16.0 Å². The van der Waals surface area contributed by atoms with E-state index < -0.39 is 11.7 Å². The number of halogens is 1. The molecule has 1 heterocycles. The van der Waals surface area contributed by atoms with E-state index in [4.69, 9.17) is 4.74 Å². The highest BCUT2D eigenvalue weighted by atomic mass is 19.1. The van der Waals surface area contributed by atoms with Gasteiger partial charge in [0, 0.05) is 25.7 Å². The van der Waals surface area contributed by atoms with Crippen molar-refractivity contribution in [2.45, 2.75) is 64.1 Å². The first kappa shape index (κ1) is 25.7. The van der Waals surface area contributed by atoms with Gasteiger partial charge in [-0.15, -0.1) is 0 Å². The molecule has 1 aliphatic heterocycles. The predicted molar refractivity (Wildman–Crippen MR) is 131 cm³/mol. The monoisotopic (exact) mass is 469 g/mol. The van der Waals surface area contributed by atoms with Crippen molar-refractivity contribution >= 4 is 12.0 Å². The summed E-state index contributed by atoms with van der Waals surface area (Å²) in [6, 6.07) is 15.9. The van der Waals surface area contributed by atoms with Gasteiger partial charge in [0.15, 0.2) is 0 Å². The Morgan fingerprint density at radius 1 is 1.09 bits per heavy atom. The third-order valence-electron chi connectivity index (χ3n) is 5.84. The number of amides is 2. The van der Waals surface area contributed by atoms with Crippen molar-refractivity contribution in [3.05, 3.63) is 71.5 Å². The van der Waals surface area contributed by atoms with Gasteiger partial charge in [0.05, 0.1) is 12.5 Å². The zero-order chi connectivity index (χ0) is 24.6. The second kappa shape index (κ2) is 12.0. The first-order valence-corrected chi connectivity index (χ1v) is 12.0. The summed E-state index contributed by atoms with van der Waals surface area (Å²) in [5, 5.41) is 6.06. The highest BCUT2D eigenvalue weighted by molar-refractivity contribution is 5.78. The van der Waals surface area contributed by atoms with E-state index in [0.717, 1.165) is 38.0 Å². The van der Waals surface area contributed by atoms with E-state index in [1.807, 2.05) is 57.2 Å². The fourth-order valence-corrected chi connectivity index (χ4v) is 4.17. The minimum Gasteiger partial charge on any atom is -0.444 e. The third-order valence-corrected chi connectivity index (χ3v) is 5.84.